The number of carbonyl (C=O) groups excluding carboxylic acids is 2. The van der Waals surface area contributed by atoms with Gasteiger partial charge < -0.3 is 26.3 Å². The van der Waals surface area contributed by atoms with Crippen LogP contribution in [0.2, 0.25) is 0 Å². The van der Waals surface area contributed by atoms with Crippen LogP contribution in [0.25, 0.3) is 0 Å². The third-order valence-electron chi connectivity index (χ3n) is 2.76. The highest BCUT2D eigenvalue weighted by Crippen LogP contribution is 2.21. The van der Waals surface area contributed by atoms with Crippen molar-refractivity contribution < 1.29 is 25.7 Å². The van der Waals surface area contributed by atoms with Gasteiger partial charge in [0.25, 0.3) is 0 Å². The van der Waals surface area contributed by atoms with Gasteiger partial charge in [-0.25, -0.2) is 0 Å². The average Bonchev–Trinajstić information content (AvgIpc) is 2.40. The van der Waals surface area contributed by atoms with Crippen LogP contribution < -0.4 is 21.5 Å². The molecule has 1 amide bonds. The highest BCUT2D eigenvalue weighted by Gasteiger charge is 2.18. The molecule has 1 aromatic carbocycles. The molecule has 0 aliphatic rings. The monoisotopic (exact) mass is 344 g/mol. The number of nitrogens with two attached hydrogens (primary N) is 1. The molecule has 0 spiro atoms. The van der Waals surface area contributed by atoms with Crippen molar-refractivity contribution >= 4 is 33.5 Å². The molecule has 6 N–H and O–H groups in total. The molecular formula is C13H19BrN3O3+. The number of amides is 1. The summed E-state index contributed by atoms with van der Waals surface area (Å²) in [5, 5.41) is 15.3. The normalized spacial score (nSPS) is 11.9. The average molecular weight is 345 g/mol. The molecule has 0 aliphatic heterocycles. The summed E-state index contributed by atoms with van der Waals surface area (Å²) in [5.74, 6) is -1.58. The number of aliphatic carboxylic acids is 1. The van der Waals surface area contributed by atoms with Crippen molar-refractivity contribution in [1.82, 2.24) is 0 Å². The predicted molar refractivity (Wildman–Crippen MR) is 75.3 cm³/mol. The summed E-state index contributed by atoms with van der Waals surface area (Å²) in [7, 11) is 0. The van der Waals surface area contributed by atoms with Gasteiger partial charge in [-0.2, -0.15) is 0 Å². The first-order valence-electron chi connectivity index (χ1n) is 6.42. The maximum absolute atomic E-state index is 11.9. The second-order valence-corrected chi connectivity index (χ2v) is 5.24. The zero-order valence-electron chi connectivity index (χ0n) is 11.1. The van der Waals surface area contributed by atoms with Crippen molar-refractivity contribution in [1.29, 1.82) is 0 Å². The Morgan fingerprint density at radius 3 is 2.70 bits per heavy atom. The van der Waals surface area contributed by atoms with E-state index in [2.05, 4.69) is 27.0 Å². The Bertz CT molecular complexity index is 468. The van der Waals surface area contributed by atoms with Crippen LogP contribution in [0.5, 0.6) is 0 Å². The van der Waals surface area contributed by atoms with Gasteiger partial charge in [-0.3, -0.25) is 4.79 Å². The van der Waals surface area contributed by atoms with Crippen LogP contribution in [0.4, 0.5) is 5.69 Å². The number of halogens is 1. The lowest BCUT2D eigenvalue weighted by molar-refractivity contribution is -0.684. The van der Waals surface area contributed by atoms with Crippen LogP contribution in [0.1, 0.15) is 12.8 Å². The fraction of sp³-hybridized carbons (Fsp3) is 0.385. The van der Waals surface area contributed by atoms with E-state index in [1.807, 2.05) is 6.07 Å². The maximum atomic E-state index is 11.9. The van der Waals surface area contributed by atoms with E-state index >= 15 is 0 Å². The molecule has 1 rings (SSSR count). The van der Waals surface area contributed by atoms with E-state index in [4.69, 9.17) is 0 Å². The van der Waals surface area contributed by atoms with E-state index in [0.29, 0.717) is 12.2 Å². The van der Waals surface area contributed by atoms with Crippen molar-refractivity contribution in [2.75, 3.05) is 18.4 Å². The summed E-state index contributed by atoms with van der Waals surface area (Å²) in [6, 6.07) is 6.28. The SMILES string of the molecule is [NH3+]CCC[NH2+][C@H](CC(=O)Nc1ccccc1Br)C(=O)[O-]. The number of rotatable bonds is 8. The molecule has 0 saturated carbocycles. The maximum Gasteiger partial charge on any atom is 0.230 e. The Morgan fingerprint density at radius 1 is 1.40 bits per heavy atom. The highest BCUT2D eigenvalue weighted by molar-refractivity contribution is 9.10. The lowest BCUT2D eigenvalue weighted by Gasteiger charge is -2.16. The Morgan fingerprint density at radius 2 is 2.10 bits per heavy atom. The number of hydrogen-bond donors (Lipinski definition) is 3. The van der Waals surface area contributed by atoms with E-state index in [9.17, 15) is 14.7 Å². The summed E-state index contributed by atoms with van der Waals surface area (Å²) in [5.41, 5.74) is 4.30. The second kappa shape index (κ2) is 8.68. The van der Waals surface area contributed by atoms with Gasteiger partial charge in [-0.1, -0.05) is 12.1 Å². The van der Waals surface area contributed by atoms with Crippen LogP contribution >= 0.6 is 15.9 Å². The molecule has 1 atom stereocenters. The number of hydrogen-bond acceptors (Lipinski definition) is 3. The number of para-hydroxylation sites is 1. The van der Waals surface area contributed by atoms with Crippen molar-refractivity contribution in [2.24, 2.45) is 0 Å². The zero-order chi connectivity index (χ0) is 15.0. The molecule has 1 aromatic rings. The van der Waals surface area contributed by atoms with Crippen molar-refractivity contribution in [3.8, 4) is 0 Å². The summed E-state index contributed by atoms with van der Waals surface area (Å²) >= 11 is 3.31. The number of carboxylic acid groups (broad SMARTS) is 1. The molecular weight excluding hydrogens is 326 g/mol. The molecule has 0 unspecified atom stereocenters. The second-order valence-electron chi connectivity index (χ2n) is 4.39. The first kappa shape index (κ1) is 16.6. The molecule has 6 nitrogen and oxygen atoms in total. The molecule has 7 heteroatoms. The summed E-state index contributed by atoms with van der Waals surface area (Å²) in [6.07, 6.45) is 0.677. The van der Waals surface area contributed by atoms with Gasteiger partial charge in [0.15, 0.2) is 0 Å². The molecule has 0 bridgehead atoms. The number of quaternary nitrogens is 2. The molecule has 0 fully saturated rings. The van der Waals surface area contributed by atoms with E-state index in [-0.39, 0.29) is 12.3 Å². The fourth-order valence-corrected chi connectivity index (χ4v) is 2.07. The van der Waals surface area contributed by atoms with E-state index in [1.54, 1.807) is 23.5 Å². The quantitative estimate of drug-likeness (QED) is 0.478. The van der Waals surface area contributed by atoms with Crippen LogP contribution in [0.3, 0.4) is 0 Å². The Labute approximate surface area is 125 Å². The molecule has 0 aromatic heterocycles. The molecule has 0 aliphatic carbocycles. The number of carbonyl (C=O) groups is 2. The van der Waals surface area contributed by atoms with Gasteiger partial charge in [0.1, 0.15) is 6.04 Å². The van der Waals surface area contributed by atoms with Gasteiger partial charge >= 0.3 is 0 Å². The first-order chi connectivity index (χ1) is 9.54. The number of carboxylic acids is 1. The van der Waals surface area contributed by atoms with Gasteiger partial charge in [-0.15, -0.1) is 0 Å². The van der Waals surface area contributed by atoms with Gasteiger partial charge in [0.05, 0.1) is 31.2 Å². The standard InChI is InChI=1S/C13H18BrN3O3/c14-9-4-1-2-5-10(9)17-12(18)8-11(13(19)20)16-7-3-6-15/h1-2,4-5,11,16H,3,6-8,15H2,(H,17,18)(H,19,20)/p+1/t11-/m1/s1. The fourth-order valence-electron chi connectivity index (χ4n) is 1.69. The molecule has 0 radical (unpaired) electrons. The number of nitrogens with one attached hydrogen (secondary N) is 1. The van der Waals surface area contributed by atoms with Crippen molar-refractivity contribution in [2.45, 2.75) is 18.9 Å². The Balaban J connectivity index is 2.54. The summed E-state index contributed by atoms with van der Waals surface area (Å²) < 4.78 is 0.749. The smallest absolute Gasteiger partial charge is 0.230 e. The van der Waals surface area contributed by atoms with Gasteiger partial charge in [0.2, 0.25) is 5.91 Å². The first-order valence-corrected chi connectivity index (χ1v) is 7.21. The third-order valence-corrected chi connectivity index (χ3v) is 3.45. The van der Waals surface area contributed by atoms with E-state index < -0.39 is 12.0 Å². The van der Waals surface area contributed by atoms with Crippen molar-refractivity contribution in [3.05, 3.63) is 28.7 Å². The summed E-state index contributed by atoms with van der Waals surface area (Å²) in [4.78, 5) is 22.9. The van der Waals surface area contributed by atoms with Crippen LogP contribution in [0.15, 0.2) is 28.7 Å². The van der Waals surface area contributed by atoms with Crippen LogP contribution in [-0.2, 0) is 9.59 Å². The van der Waals surface area contributed by atoms with E-state index in [0.717, 1.165) is 17.4 Å². The Kier molecular flexibility index (Phi) is 7.21. The topological polar surface area (TPSA) is 113 Å². The van der Waals surface area contributed by atoms with Crippen LogP contribution in [0, 0.1) is 0 Å². The minimum absolute atomic E-state index is 0.124. The third kappa shape index (κ3) is 5.68. The molecule has 20 heavy (non-hydrogen) atoms. The molecule has 0 heterocycles. The summed E-state index contributed by atoms with van der Waals surface area (Å²) in [6.45, 7) is 1.35. The van der Waals surface area contributed by atoms with Gasteiger partial charge in [-0.05, 0) is 28.1 Å². The van der Waals surface area contributed by atoms with Crippen LogP contribution in [-0.4, -0.2) is 31.0 Å². The predicted octanol–water partition coefficient (Wildman–Crippen LogP) is -1.91. The lowest BCUT2D eigenvalue weighted by atomic mass is 10.2. The molecule has 0 saturated heterocycles. The zero-order valence-corrected chi connectivity index (χ0v) is 12.7. The lowest BCUT2D eigenvalue weighted by Crippen LogP contribution is -2.93. The van der Waals surface area contributed by atoms with Gasteiger partial charge in [0, 0.05) is 10.9 Å². The van der Waals surface area contributed by atoms with E-state index in [1.165, 1.54) is 0 Å². The number of anilines is 1. The number of benzene rings is 1. The highest BCUT2D eigenvalue weighted by atomic mass is 79.9. The minimum atomic E-state index is -1.23. The Hall–Kier alpha value is -1.44. The van der Waals surface area contributed by atoms with Crippen molar-refractivity contribution in [3.63, 3.8) is 0 Å². The minimum Gasteiger partial charge on any atom is -0.544 e. The molecule has 110 valence electrons. The largest absolute Gasteiger partial charge is 0.544 e.